The zero-order valence-corrected chi connectivity index (χ0v) is 7.72. The SMILES string of the molecule is CC1=CC(C)C=C2NCCC2=C1. The highest BCUT2D eigenvalue weighted by Crippen LogP contribution is 2.25. The molecule has 1 fully saturated rings. The lowest BCUT2D eigenvalue weighted by Crippen LogP contribution is -2.04. The molecule has 1 heteroatoms. The van der Waals surface area contributed by atoms with E-state index in [9.17, 15) is 0 Å². The molecule has 0 aromatic rings. The zero-order valence-electron chi connectivity index (χ0n) is 7.72. The number of hydrogen-bond donors (Lipinski definition) is 1. The van der Waals surface area contributed by atoms with Crippen LogP contribution >= 0.6 is 0 Å². The van der Waals surface area contributed by atoms with E-state index in [1.165, 1.54) is 23.3 Å². The van der Waals surface area contributed by atoms with Gasteiger partial charge < -0.3 is 5.32 Å². The molecule has 1 unspecified atom stereocenters. The number of allylic oxidation sites excluding steroid dienone is 5. The lowest BCUT2D eigenvalue weighted by Gasteiger charge is -2.01. The number of rotatable bonds is 0. The fraction of sp³-hybridized carbons (Fsp3) is 0.455. The molecule has 0 aromatic heterocycles. The minimum atomic E-state index is 0.569. The van der Waals surface area contributed by atoms with E-state index in [1.54, 1.807) is 0 Å². The third kappa shape index (κ3) is 1.31. The third-order valence-corrected chi connectivity index (χ3v) is 2.41. The first-order valence-corrected chi connectivity index (χ1v) is 4.61. The molecule has 1 aliphatic carbocycles. The van der Waals surface area contributed by atoms with Gasteiger partial charge in [-0.3, -0.25) is 0 Å². The Morgan fingerprint density at radius 3 is 3.08 bits per heavy atom. The molecule has 2 aliphatic rings. The second kappa shape index (κ2) is 2.81. The second-order valence-corrected chi connectivity index (χ2v) is 3.70. The molecule has 0 bridgehead atoms. The number of hydrogen-bond acceptors (Lipinski definition) is 1. The van der Waals surface area contributed by atoms with Crippen molar-refractivity contribution >= 4 is 0 Å². The van der Waals surface area contributed by atoms with E-state index in [0.29, 0.717) is 5.92 Å². The summed E-state index contributed by atoms with van der Waals surface area (Å²) in [5.41, 5.74) is 4.23. The summed E-state index contributed by atoms with van der Waals surface area (Å²) in [7, 11) is 0. The lowest BCUT2D eigenvalue weighted by atomic mass is 10.1. The van der Waals surface area contributed by atoms with Crippen molar-refractivity contribution in [3.8, 4) is 0 Å². The molecule has 1 atom stereocenters. The predicted molar refractivity (Wildman–Crippen MR) is 51.7 cm³/mol. The van der Waals surface area contributed by atoms with Crippen LogP contribution in [0.2, 0.25) is 0 Å². The minimum absolute atomic E-state index is 0.569. The molecule has 0 radical (unpaired) electrons. The van der Waals surface area contributed by atoms with Gasteiger partial charge >= 0.3 is 0 Å². The zero-order chi connectivity index (χ0) is 8.55. The van der Waals surface area contributed by atoms with Crippen molar-refractivity contribution in [3.05, 3.63) is 35.1 Å². The van der Waals surface area contributed by atoms with Crippen LogP contribution in [-0.2, 0) is 0 Å². The Hall–Kier alpha value is -0.980. The van der Waals surface area contributed by atoms with Crippen LogP contribution < -0.4 is 5.32 Å². The maximum Gasteiger partial charge on any atom is 0.0338 e. The Balaban J connectivity index is 2.39. The topological polar surface area (TPSA) is 12.0 Å². The lowest BCUT2D eigenvalue weighted by molar-refractivity contribution is 0.872. The summed E-state index contributed by atoms with van der Waals surface area (Å²) >= 11 is 0. The normalized spacial score (nSPS) is 27.8. The molecule has 12 heavy (non-hydrogen) atoms. The molecule has 1 saturated heterocycles. The van der Waals surface area contributed by atoms with Crippen LogP contribution in [0.25, 0.3) is 0 Å². The smallest absolute Gasteiger partial charge is 0.0338 e. The van der Waals surface area contributed by atoms with Gasteiger partial charge in [0.05, 0.1) is 0 Å². The van der Waals surface area contributed by atoms with Crippen LogP contribution in [0.15, 0.2) is 35.1 Å². The molecule has 1 aliphatic heterocycles. The predicted octanol–water partition coefficient (Wildman–Crippen LogP) is 2.39. The average Bonchev–Trinajstić information content (AvgIpc) is 2.31. The van der Waals surface area contributed by atoms with Gasteiger partial charge in [-0.25, -0.2) is 0 Å². The van der Waals surface area contributed by atoms with E-state index < -0.39 is 0 Å². The van der Waals surface area contributed by atoms with Crippen molar-refractivity contribution in [2.45, 2.75) is 20.3 Å². The van der Waals surface area contributed by atoms with Gasteiger partial charge in [0.25, 0.3) is 0 Å². The Bertz CT molecular complexity index is 281. The van der Waals surface area contributed by atoms with Crippen molar-refractivity contribution in [1.29, 1.82) is 0 Å². The molecule has 0 saturated carbocycles. The van der Waals surface area contributed by atoms with E-state index in [0.717, 1.165) is 6.54 Å². The van der Waals surface area contributed by atoms with Crippen LogP contribution in [-0.4, -0.2) is 6.54 Å². The minimum Gasteiger partial charge on any atom is -0.385 e. The van der Waals surface area contributed by atoms with Gasteiger partial charge in [0.15, 0.2) is 0 Å². The van der Waals surface area contributed by atoms with Gasteiger partial charge in [0.2, 0.25) is 0 Å². The first kappa shape index (κ1) is 7.66. The van der Waals surface area contributed by atoms with Crippen molar-refractivity contribution in [3.63, 3.8) is 0 Å². The van der Waals surface area contributed by atoms with Crippen LogP contribution in [0.1, 0.15) is 20.3 Å². The highest BCUT2D eigenvalue weighted by Gasteiger charge is 2.15. The Morgan fingerprint density at radius 2 is 2.25 bits per heavy atom. The average molecular weight is 161 g/mol. The fourth-order valence-electron chi connectivity index (χ4n) is 1.94. The second-order valence-electron chi connectivity index (χ2n) is 3.70. The highest BCUT2D eigenvalue weighted by molar-refractivity contribution is 5.42. The van der Waals surface area contributed by atoms with Crippen LogP contribution in [0.5, 0.6) is 0 Å². The molecular formula is C11H15N. The van der Waals surface area contributed by atoms with Crippen LogP contribution in [0, 0.1) is 5.92 Å². The highest BCUT2D eigenvalue weighted by atomic mass is 14.9. The van der Waals surface area contributed by atoms with Crippen LogP contribution in [0.3, 0.4) is 0 Å². The summed E-state index contributed by atoms with van der Waals surface area (Å²) in [6.45, 7) is 5.52. The quantitative estimate of drug-likeness (QED) is 0.575. The first-order valence-electron chi connectivity index (χ1n) is 4.61. The molecule has 2 rings (SSSR count). The summed E-state index contributed by atoms with van der Waals surface area (Å²) < 4.78 is 0. The molecule has 1 heterocycles. The van der Waals surface area contributed by atoms with E-state index in [-0.39, 0.29) is 0 Å². The fourth-order valence-corrected chi connectivity index (χ4v) is 1.94. The molecular weight excluding hydrogens is 146 g/mol. The monoisotopic (exact) mass is 161 g/mol. The van der Waals surface area contributed by atoms with Crippen molar-refractivity contribution in [2.24, 2.45) is 5.92 Å². The van der Waals surface area contributed by atoms with Gasteiger partial charge in [0, 0.05) is 12.2 Å². The maximum absolute atomic E-state index is 3.41. The van der Waals surface area contributed by atoms with E-state index in [4.69, 9.17) is 0 Å². The molecule has 1 nitrogen and oxygen atoms in total. The Kier molecular flexibility index (Phi) is 1.80. The Labute approximate surface area is 73.9 Å². The van der Waals surface area contributed by atoms with Crippen molar-refractivity contribution in [2.75, 3.05) is 6.54 Å². The van der Waals surface area contributed by atoms with E-state index in [1.807, 2.05) is 0 Å². The van der Waals surface area contributed by atoms with E-state index >= 15 is 0 Å². The molecule has 0 amide bonds. The molecule has 1 N–H and O–H groups in total. The van der Waals surface area contributed by atoms with Gasteiger partial charge in [-0.15, -0.1) is 0 Å². The van der Waals surface area contributed by atoms with E-state index in [2.05, 4.69) is 37.4 Å². The summed E-state index contributed by atoms with van der Waals surface area (Å²) in [5.74, 6) is 0.569. The van der Waals surface area contributed by atoms with Gasteiger partial charge in [-0.1, -0.05) is 30.7 Å². The third-order valence-electron chi connectivity index (χ3n) is 2.41. The maximum atomic E-state index is 3.41. The van der Waals surface area contributed by atoms with Gasteiger partial charge in [0.1, 0.15) is 0 Å². The number of fused-ring (bicyclic) bond motifs is 1. The summed E-state index contributed by atoms with van der Waals surface area (Å²) in [5, 5.41) is 3.41. The molecule has 64 valence electrons. The van der Waals surface area contributed by atoms with Gasteiger partial charge in [-0.2, -0.15) is 0 Å². The molecule has 0 aromatic carbocycles. The molecule has 0 spiro atoms. The van der Waals surface area contributed by atoms with Crippen molar-refractivity contribution in [1.82, 2.24) is 5.32 Å². The number of nitrogens with one attached hydrogen (secondary N) is 1. The van der Waals surface area contributed by atoms with Crippen LogP contribution in [0.4, 0.5) is 0 Å². The van der Waals surface area contributed by atoms with Crippen molar-refractivity contribution < 1.29 is 0 Å². The largest absolute Gasteiger partial charge is 0.385 e. The summed E-state index contributed by atoms with van der Waals surface area (Å²) in [6, 6.07) is 0. The first-order chi connectivity index (χ1) is 5.75. The summed E-state index contributed by atoms with van der Waals surface area (Å²) in [4.78, 5) is 0. The van der Waals surface area contributed by atoms with Gasteiger partial charge in [-0.05, 0) is 24.8 Å². The Morgan fingerprint density at radius 1 is 1.42 bits per heavy atom. The summed E-state index contributed by atoms with van der Waals surface area (Å²) in [6.07, 6.45) is 8.11. The standard InChI is InChI=1S/C11H15N/c1-8-5-9(2)7-11-10(6-8)3-4-12-11/h5-7,9,12H,3-4H2,1-2H3.